The molecule has 1 aromatic rings. The zero-order chi connectivity index (χ0) is 10.9. The van der Waals surface area contributed by atoms with Crippen molar-refractivity contribution in [1.29, 1.82) is 0 Å². The van der Waals surface area contributed by atoms with Crippen LogP contribution in [-0.2, 0) is 0 Å². The third-order valence-electron chi connectivity index (χ3n) is 1.49. The van der Waals surface area contributed by atoms with E-state index in [4.69, 9.17) is 16.7 Å². The fourth-order valence-corrected chi connectivity index (χ4v) is 1.10. The molecule has 2 N–H and O–H groups in total. The highest BCUT2D eigenvalue weighted by atomic mass is 35.5. The molecule has 0 aliphatic rings. The van der Waals surface area contributed by atoms with Crippen LogP contribution in [0.25, 0.3) is 0 Å². The first-order valence-corrected chi connectivity index (χ1v) is 3.75. The highest BCUT2D eigenvalue weighted by Gasteiger charge is 2.22. The van der Waals surface area contributed by atoms with Crippen LogP contribution in [0, 0.1) is 0 Å². The van der Waals surface area contributed by atoms with Crippen molar-refractivity contribution in [3.63, 3.8) is 0 Å². The summed E-state index contributed by atoms with van der Waals surface area (Å²) in [4.78, 5) is 23.1. The Labute approximate surface area is 81.1 Å². The van der Waals surface area contributed by atoms with Crippen molar-refractivity contribution in [3.05, 3.63) is 27.5 Å². The SMILES string of the molecule is O=C(Cl)c1cc(=O)[nH]c(O)c1C(F)F. The molecule has 1 heterocycles. The van der Waals surface area contributed by atoms with Gasteiger partial charge < -0.3 is 5.11 Å². The topological polar surface area (TPSA) is 70.2 Å². The molecule has 7 heteroatoms. The minimum Gasteiger partial charge on any atom is -0.494 e. The molecule has 0 unspecified atom stereocenters. The van der Waals surface area contributed by atoms with Gasteiger partial charge in [0.25, 0.3) is 17.2 Å². The van der Waals surface area contributed by atoms with Crippen molar-refractivity contribution < 1.29 is 18.7 Å². The number of carbonyl (C=O) groups is 1. The Bertz CT molecular complexity index is 429. The van der Waals surface area contributed by atoms with Crippen LogP contribution in [0.15, 0.2) is 10.9 Å². The second-order valence-corrected chi connectivity index (χ2v) is 2.73. The van der Waals surface area contributed by atoms with E-state index < -0.39 is 34.2 Å². The molecule has 0 aliphatic heterocycles. The van der Waals surface area contributed by atoms with Gasteiger partial charge >= 0.3 is 0 Å². The number of hydrogen-bond acceptors (Lipinski definition) is 3. The fourth-order valence-electron chi connectivity index (χ4n) is 0.940. The van der Waals surface area contributed by atoms with Crippen molar-refractivity contribution in [1.82, 2.24) is 4.98 Å². The maximum Gasteiger partial charge on any atom is 0.269 e. The van der Waals surface area contributed by atoms with E-state index in [-0.39, 0.29) is 0 Å². The molecule has 14 heavy (non-hydrogen) atoms. The summed E-state index contributed by atoms with van der Waals surface area (Å²) in [7, 11) is 0. The molecule has 0 saturated carbocycles. The van der Waals surface area contributed by atoms with Gasteiger partial charge in [-0.25, -0.2) is 8.78 Å². The van der Waals surface area contributed by atoms with Crippen molar-refractivity contribution in [3.8, 4) is 5.88 Å². The molecule has 0 fully saturated rings. The van der Waals surface area contributed by atoms with E-state index in [1.165, 1.54) is 0 Å². The molecule has 0 aromatic carbocycles. The van der Waals surface area contributed by atoms with Crippen molar-refractivity contribution in [2.75, 3.05) is 0 Å². The summed E-state index contributed by atoms with van der Waals surface area (Å²) >= 11 is 4.96. The molecule has 76 valence electrons. The lowest BCUT2D eigenvalue weighted by molar-refractivity contribution is 0.106. The molecule has 4 nitrogen and oxygen atoms in total. The third kappa shape index (κ3) is 1.90. The Kier molecular flexibility index (Phi) is 2.85. The summed E-state index contributed by atoms with van der Waals surface area (Å²) in [6.45, 7) is 0. The predicted molar refractivity (Wildman–Crippen MR) is 43.9 cm³/mol. The fraction of sp³-hybridized carbons (Fsp3) is 0.143. The first-order chi connectivity index (χ1) is 6.43. The highest BCUT2D eigenvalue weighted by Crippen LogP contribution is 2.29. The van der Waals surface area contributed by atoms with Crippen molar-refractivity contribution in [2.24, 2.45) is 0 Å². The Balaban J connectivity index is 3.52. The van der Waals surface area contributed by atoms with E-state index in [1.54, 1.807) is 4.98 Å². The van der Waals surface area contributed by atoms with Crippen LogP contribution in [0.5, 0.6) is 5.88 Å². The van der Waals surface area contributed by atoms with E-state index in [1.807, 2.05) is 0 Å². The third-order valence-corrected chi connectivity index (χ3v) is 1.70. The largest absolute Gasteiger partial charge is 0.494 e. The zero-order valence-electron chi connectivity index (χ0n) is 6.55. The average molecular weight is 224 g/mol. The van der Waals surface area contributed by atoms with Crippen LogP contribution in [0.4, 0.5) is 8.78 Å². The number of pyridine rings is 1. The van der Waals surface area contributed by atoms with Crippen molar-refractivity contribution in [2.45, 2.75) is 6.43 Å². The van der Waals surface area contributed by atoms with E-state index in [9.17, 15) is 18.4 Å². The van der Waals surface area contributed by atoms with Gasteiger partial charge in [0.05, 0.1) is 11.1 Å². The summed E-state index contributed by atoms with van der Waals surface area (Å²) < 4.78 is 24.6. The van der Waals surface area contributed by atoms with Gasteiger partial charge in [-0.3, -0.25) is 14.6 Å². The van der Waals surface area contributed by atoms with Gasteiger partial charge in [0.15, 0.2) is 0 Å². The van der Waals surface area contributed by atoms with Gasteiger partial charge in [-0.15, -0.1) is 0 Å². The molecule has 1 rings (SSSR count). The minimum absolute atomic E-state index is 0.608. The standard InChI is InChI=1S/C7H4ClF2NO3/c8-5(13)2-1-3(12)11-7(14)4(2)6(9)10/h1,6H,(H2,11,12,14). The Morgan fingerprint density at radius 2 is 2.14 bits per heavy atom. The van der Waals surface area contributed by atoms with E-state index in [2.05, 4.69) is 0 Å². The van der Waals surface area contributed by atoms with Crippen molar-refractivity contribution >= 4 is 16.8 Å². The van der Waals surface area contributed by atoms with Crippen LogP contribution in [0.1, 0.15) is 22.3 Å². The summed E-state index contributed by atoms with van der Waals surface area (Å²) in [6, 6.07) is 0.608. The second-order valence-electron chi connectivity index (χ2n) is 2.38. The summed E-state index contributed by atoms with van der Waals surface area (Å²) in [5.74, 6) is -1.04. The number of halogens is 3. The molecular weight excluding hydrogens is 220 g/mol. The van der Waals surface area contributed by atoms with Crippen LogP contribution < -0.4 is 5.56 Å². The number of rotatable bonds is 2. The monoisotopic (exact) mass is 223 g/mol. The molecule has 0 atom stereocenters. The molecule has 0 amide bonds. The van der Waals surface area contributed by atoms with Crippen LogP contribution in [0.3, 0.4) is 0 Å². The van der Waals surface area contributed by atoms with Gasteiger partial charge in [-0.2, -0.15) is 0 Å². The van der Waals surface area contributed by atoms with E-state index in [0.29, 0.717) is 6.07 Å². The molecule has 1 aromatic heterocycles. The van der Waals surface area contributed by atoms with Gasteiger partial charge in [-0.1, -0.05) is 0 Å². The van der Waals surface area contributed by atoms with Gasteiger partial charge in [0, 0.05) is 6.07 Å². The summed E-state index contributed by atoms with van der Waals surface area (Å²) in [5, 5.41) is 7.72. The van der Waals surface area contributed by atoms with E-state index in [0.717, 1.165) is 0 Å². The first kappa shape index (κ1) is 10.6. The lowest BCUT2D eigenvalue weighted by atomic mass is 10.1. The number of hydrogen-bond donors (Lipinski definition) is 2. The van der Waals surface area contributed by atoms with Gasteiger partial charge in [0.2, 0.25) is 5.88 Å². The lowest BCUT2D eigenvalue weighted by Gasteiger charge is -2.05. The number of aromatic nitrogens is 1. The first-order valence-electron chi connectivity index (χ1n) is 3.37. The lowest BCUT2D eigenvalue weighted by Crippen LogP contribution is -2.11. The summed E-state index contributed by atoms with van der Waals surface area (Å²) in [6.07, 6.45) is -3.09. The molecule has 0 aliphatic carbocycles. The molecule has 0 bridgehead atoms. The predicted octanol–water partition coefficient (Wildman–Crippen LogP) is 1.40. The number of alkyl halides is 2. The Morgan fingerprint density at radius 3 is 2.57 bits per heavy atom. The van der Waals surface area contributed by atoms with Crippen LogP contribution in [-0.4, -0.2) is 15.3 Å². The smallest absolute Gasteiger partial charge is 0.269 e. The number of carbonyl (C=O) groups excluding carboxylic acids is 1. The molecular formula is C7H4ClF2NO3. The molecule has 0 saturated heterocycles. The zero-order valence-corrected chi connectivity index (χ0v) is 7.31. The molecule has 0 radical (unpaired) electrons. The van der Waals surface area contributed by atoms with Gasteiger partial charge in [0.1, 0.15) is 0 Å². The number of aromatic hydroxyl groups is 1. The molecule has 0 spiro atoms. The Hall–Kier alpha value is -1.43. The average Bonchev–Trinajstić information content (AvgIpc) is 2.01. The minimum atomic E-state index is -3.09. The van der Waals surface area contributed by atoms with E-state index >= 15 is 0 Å². The maximum atomic E-state index is 12.3. The quantitative estimate of drug-likeness (QED) is 0.745. The number of nitrogens with one attached hydrogen (secondary N) is 1. The second kappa shape index (κ2) is 3.75. The van der Waals surface area contributed by atoms with Crippen LogP contribution >= 0.6 is 11.6 Å². The normalized spacial score (nSPS) is 10.6. The number of aromatic amines is 1. The van der Waals surface area contributed by atoms with Crippen LogP contribution in [0.2, 0.25) is 0 Å². The highest BCUT2D eigenvalue weighted by molar-refractivity contribution is 6.67. The van der Waals surface area contributed by atoms with Gasteiger partial charge in [-0.05, 0) is 11.6 Å². The maximum absolute atomic E-state index is 12.3. The number of H-pyrrole nitrogens is 1. The Morgan fingerprint density at radius 1 is 1.57 bits per heavy atom. The summed E-state index contributed by atoms with van der Waals surface area (Å²) in [5.41, 5.74) is -2.54.